The van der Waals surface area contributed by atoms with Gasteiger partial charge < -0.3 is 15.4 Å². The largest absolute Gasteiger partial charge is 0.451 e. The summed E-state index contributed by atoms with van der Waals surface area (Å²) >= 11 is 5.07. The van der Waals surface area contributed by atoms with Crippen molar-refractivity contribution in [1.82, 2.24) is 4.90 Å². The highest BCUT2D eigenvalue weighted by molar-refractivity contribution is 9.10. The zero-order chi connectivity index (χ0) is 19.0. The first-order valence-electron chi connectivity index (χ1n) is 8.67. The smallest absolute Gasteiger partial charge is 0.326 e. The molecule has 0 radical (unpaired) electrons. The van der Waals surface area contributed by atoms with Crippen molar-refractivity contribution < 1.29 is 14.3 Å². The van der Waals surface area contributed by atoms with Crippen molar-refractivity contribution in [3.63, 3.8) is 0 Å². The van der Waals surface area contributed by atoms with E-state index in [9.17, 15) is 9.59 Å². The molecule has 4 rings (SSSR count). The predicted molar refractivity (Wildman–Crippen MR) is 108 cm³/mol. The van der Waals surface area contributed by atoms with E-state index < -0.39 is 16.5 Å². The summed E-state index contributed by atoms with van der Waals surface area (Å²) in [5, 5.41) is -0.0463. The molecule has 2 N–H and O–H groups in total. The maximum atomic E-state index is 13.1. The lowest BCUT2D eigenvalue weighted by molar-refractivity contribution is -0.154. The number of alkyl halides is 1. The lowest BCUT2D eigenvalue weighted by atomic mass is 10.0. The standard InChI is InChI=1S/C20H19BrN2O3S/c21-20(11-23-17(24)15(22)18(23)27-12-20)19(25)26-16(13-7-3-1-4-8-13)14-9-5-2-6-10-14/h1-10,15-16,18H,11-12,22H2/t15?,18-,20?/m1/s1. The van der Waals surface area contributed by atoms with Gasteiger partial charge in [-0.05, 0) is 11.1 Å². The van der Waals surface area contributed by atoms with Gasteiger partial charge in [-0.3, -0.25) is 9.59 Å². The highest BCUT2D eigenvalue weighted by Crippen LogP contribution is 2.42. The number of β-lactam (4-membered cyclic amide) rings is 1. The Morgan fingerprint density at radius 1 is 1.15 bits per heavy atom. The molecular weight excluding hydrogens is 428 g/mol. The molecule has 2 aliphatic rings. The fourth-order valence-electron chi connectivity index (χ4n) is 3.37. The predicted octanol–water partition coefficient (Wildman–Crippen LogP) is 2.70. The Morgan fingerprint density at radius 2 is 1.70 bits per heavy atom. The fourth-order valence-corrected chi connectivity index (χ4v) is 5.45. The van der Waals surface area contributed by atoms with Gasteiger partial charge in [-0.25, -0.2) is 0 Å². The van der Waals surface area contributed by atoms with Gasteiger partial charge >= 0.3 is 5.97 Å². The number of carbonyl (C=O) groups excluding carboxylic acids is 2. The summed E-state index contributed by atoms with van der Waals surface area (Å²) in [6.45, 7) is 0.270. The molecule has 0 aliphatic carbocycles. The second kappa shape index (κ2) is 7.30. The summed E-state index contributed by atoms with van der Waals surface area (Å²) < 4.78 is 5.03. The molecule has 2 unspecified atom stereocenters. The molecule has 0 bridgehead atoms. The van der Waals surface area contributed by atoms with Crippen molar-refractivity contribution in [2.45, 2.75) is 21.8 Å². The summed E-state index contributed by atoms with van der Waals surface area (Å²) in [6, 6.07) is 18.8. The van der Waals surface area contributed by atoms with Crippen LogP contribution in [0, 0.1) is 0 Å². The number of halogens is 1. The van der Waals surface area contributed by atoms with Crippen LogP contribution in [0.1, 0.15) is 17.2 Å². The molecule has 0 saturated carbocycles. The molecule has 1 amide bonds. The van der Waals surface area contributed by atoms with Crippen LogP contribution in [0.25, 0.3) is 0 Å². The van der Waals surface area contributed by atoms with E-state index in [0.717, 1.165) is 11.1 Å². The Balaban J connectivity index is 1.56. The van der Waals surface area contributed by atoms with Crippen LogP contribution in [0.2, 0.25) is 0 Å². The molecular formula is C20H19BrN2O3S. The Morgan fingerprint density at radius 3 is 2.26 bits per heavy atom. The normalized spacial score (nSPS) is 27.1. The van der Waals surface area contributed by atoms with Gasteiger partial charge in [-0.1, -0.05) is 76.6 Å². The molecule has 2 saturated heterocycles. The van der Waals surface area contributed by atoms with Gasteiger partial charge in [0.25, 0.3) is 0 Å². The van der Waals surface area contributed by atoms with Crippen LogP contribution in [0.5, 0.6) is 0 Å². The van der Waals surface area contributed by atoms with Crippen LogP contribution in [0.15, 0.2) is 60.7 Å². The van der Waals surface area contributed by atoms with E-state index in [-0.39, 0.29) is 23.8 Å². The van der Waals surface area contributed by atoms with E-state index in [1.54, 1.807) is 4.90 Å². The number of hydrogen-bond donors (Lipinski definition) is 1. The number of carbonyl (C=O) groups is 2. The summed E-state index contributed by atoms with van der Waals surface area (Å²) in [5.41, 5.74) is 7.63. The van der Waals surface area contributed by atoms with Crippen molar-refractivity contribution in [2.24, 2.45) is 5.73 Å². The van der Waals surface area contributed by atoms with E-state index in [1.165, 1.54) is 11.8 Å². The lowest BCUT2D eigenvalue weighted by Gasteiger charge is -2.51. The monoisotopic (exact) mass is 446 g/mol. The zero-order valence-corrected chi connectivity index (χ0v) is 16.9. The van der Waals surface area contributed by atoms with Gasteiger partial charge in [-0.2, -0.15) is 0 Å². The third kappa shape index (κ3) is 3.39. The number of rotatable bonds is 4. The Kier molecular flexibility index (Phi) is 5.01. The van der Waals surface area contributed by atoms with Crippen LogP contribution in [-0.2, 0) is 14.3 Å². The molecule has 3 atom stereocenters. The first-order valence-corrected chi connectivity index (χ1v) is 10.5. The van der Waals surface area contributed by atoms with Crippen LogP contribution in [0.4, 0.5) is 0 Å². The van der Waals surface area contributed by atoms with Gasteiger partial charge in [0, 0.05) is 12.3 Å². The summed E-state index contributed by atoms with van der Waals surface area (Å²) in [6.07, 6.45) is -0.508. The summed E-state index contributed by atoms with van der Waals surface area (Å²) in [7, 11) is 0. The van der Waals surface area contributed by atoms with Crippen LogP contribution >= 0.6 is 27.7 Å². The van der Waals surface area contributed by atoms with Crippen molar-refractivity contribution in [3.8, 4) is 0 Å². The highest BCUT2D eigenvalue weighted by atomic mass is 79.9. The zero-order valence-electron chi connectivity index (χ0n) is 14.5. The molecule has 0 spiro atoms. The Hall–Kier alpha value is -1.83. The Labute approximate surface area is 170 Å². The summed E-state index contributed by atoms with van der Waals surface area (Å²) in [5.74, 6) is 0.00973. The Bertz CT molecular complexity index is 811. The topological polar surface area (TPSA) is 72.6 Å². The van der Waals surface area contributed by atoms with Gasteiger partial charge in [0.05, 0.1) is 0 Å². The molecule has 5 nitrogen and oxygen atoms in total. The first-order chi connectivity index (χ1) is 13.0. The van der Waals surface area contributed by atoms with Gasteiger partial charge in [0.1, 0.15) is 15.7 Å². The van der Waals surface area contributed by atoms with Crippen molar-refractivity contribution >= 4 is 39.6 Å². The minimum Gasteiger partial charge on any atom is -0.451 e. The average molecular weight is 447 g/mol. The minimum absolute atomic E-state index is 0.0463. The number of benzene rings is 2. The van der Waals surface area contributed by atoms with E-state index in [0.29, 0.717) is 5.75 Å². The van der Waals surface area contributed by atoms with Crippen LogP contribution in [0.3, 0.4) is 0 Å². The quantitative estimate of drug-likeness (QED) is 0.444. The summed E-state index contributed by atoms with van der Waals surface area (Å²) in [4.78, 5) is 26.7. The molecule has 2 fully saturated rings. The number of esters is 1. The van der Waals surface area contributed by atoms with Crippen molar-refractivity contribution in [1.29, 1.82) is 0 Å². The van der Waals surface area contributed by atoms with Gasteiger partial charge in [0.15, 0.2) is 6.10 Å². The molecule has 2 heterocycles. The lowest BCUT2D eigenvalue weighted by Crippen LogP contribution is -2.72. The minimum atomic E-state index is -0.939. The number of nitrogens with two attached hydrogens (primary N) is 1. The number of ether oxygens (including phenoxy) is 1. The SMILES string of the molecule is NC1C(=O)N2CC(Br)(C(=O)OC(c3ccccc3)c3ccccc3)CS[C@H]12. The van der Waals surface area contributed by atoms with Gasteiger partial charge in [-0.15, -0.1) is 11.8 Å². The third-order valence-electron chi connectivity index (χ3n) is 4.88. The maximum Gasteiger partial charge on any atom is 0.326 e. The number of nitrogens with zero attached hydrogens (tertiary/aromatic N) is 1. The molecule has 2 aromatic rings. The number of hydrogen-bond acceptors (Lipinski definition) is 5. The van der Waals surface area contributed by atoms with E-state index in [1.807, 2.05) is 60.7 Å². The molecule has 0 aromatic heterocycles. The number of thioether (sulfide) groups is 1. The average Bonchev–Trinajstić information content (AvgIpc) is 2.72. The third-order valence-corrected chi connectivity index (χ3v) is 7.66. The molecule has 2 aliphatic heterocycles. The van der Waals surface area contributed by atoms with Gasteiger partial charge in [0.2, 0.25) is 5.91 Å². The van der Waals surface area contributed by atoms with Crippen molar-refractivity contribution in [3.05, 3.63) is 71.8 Å². The van der Waals surface area contributed by atoms with Crippen LogP contribution < -0.4 is 5.73 Å². The second-order valence-corrected chi connectivity index (χ2v) is 9.39. The molecule has 140 valence electrons. The number of fused-ring (bicyclic) bond motifs is 1. The molecule has 7 heteroatoms. The van der Waals surface area contributed by atoms with E-state index in [4.69, 9.17) is 10.5 Å². The highest BCUT2D eigenvalue weighted by Gasteiger charge is 2.55. The fraction of sp³-hybridized carbons (Fsp3) is 0.300. The number of amides is 1. The van der Waals surface area contributed by atoms with E-state index >= 15 is 0 Å². The second-order valence-electron chi connectivity index (χ2n) is 6.77. The van der Waals surface area contributed by atoms with Crippen molar-refractivity contribution in [2.75, 3.05) is 12.3 Å². The maximum absolute atomic E-state index is 13.1. The van der Waals surface area contributed by atoms with Crippen LogP contribution in [-0.4, -0.2) is 44.8 Å². The first kappa shape index (κ1) is 18.5. The molecule has 27 heavy (non-hydrogen) atoms. The molecule has 2 aromatic carbocycles. The van der Waals surface area contributed by atoms with E-state index in [2.05, 4.69) is 15.9 Å².